The van der Waals surface area contributed by atoms with Crippen LogP contribution >= 0.6 is 0 Å². The number of piperidine rings is 1. The van der Waals surface area contributed by atoms with Crippen molar-refractivity contribution in [3.05, 3.63) is 47.7 Å². The Hall–Kier alpha value is -2.34. The van der Waals surface area contributed by atoms with Crippen molar-refractivity contribution in [2.75, 3.05) is 13.1 Å². The van der Waals surface area contributed by atoms with E-state index in [0.717, 1.165) is 17.1 Å². The standard InChI is InChI=1S/C20H26N2O4/c1-14(2)18-21-16(13-25-18)12-22-10-8-20(9-11-22,19(23)24)26-17-7-5-4-6-15(17)3/h4-7,13-14H,8-12H2,1-3H3,(H,23,24). The normalized spacial score (nSPS) is 17.4. The van der Waals surface area contributed by atoms with Gasteiger partial charge in [-0.1, -0.05) is 32.0 Å². The number of nitrogens with zero attached hydrogens (tertiary/aromatic N) is 2. The number of aryl methyl sites for hydroxylation is 1. The minimum atomic E-state index is -1.17. The van der Waals surface area contributed by atoms with Crippen LogP contribution in [0.25, 0.3) is 0 Å². The van der Waals surface area contributed by atoms with E-state index in [-0.39, 0.29) is 5.92 Å². The fourth-order valence-electron chi connectivity index (χ4n) is 3.20. The number of ether oxygens (including phenoxy) is 1. The smallest absolute Gasteiger partial charge is 0.348 e. The summed E-state index contributed by atoms with van der Waals surface area (Å²) in [5, 5.41) is 9.81. The van der Waals surface area contributed by atoms with Crippen molar-refractivity contribution in [2.24, 2.45) is 0 Å². The van der Waals surface area contributed by atoms with Crippen LogP contribution in [0.4, 0.5) is 0 Å². The van der Waals surface area contributed by atoms with E-state index in [9.17, 15) is 9.90 Å². The van der Waals surface area contributed by atoms with Crippen LogP contribution in [0.2, 0.25) is 0 Å². The highest BCUT2D eigenvalue weighted by atomic mass is 16.5. The van der Waals surface area contributed by atoms with Gasteiger partial charge in [0.05, 0.1) is 5.69 Å². The number of benzene rings is 1. The average Bonchev–Trinajstić information content (AvgIpc) is 3.07. The average molecular weight is 358 g/mol. The van der Waals surface area contributed by atoms with Crippen LogP contribution in [0.1, 0.15) is 49.8 Å². The van der Waals surface area contributed by atoms with Gasteiger partial charge in [0.15, 0.2) is 5.89 Å². The minimum absolute atomic E-state index is 0.257. The molecule has 1 saturated heterocycles. The fraction of sp³-hybridized carbons (Fsp3) is 0.500. The molecule has 6 nitrogen and oxygen atoms in total. The molecule has 1 fully saturated rings. The third-order valence-electron chi connectivity index (χ3n) is 4.90. The lowest BCUT2D eigenvalue weighted by molar-refractivity contribution is -0.160. The second kappa shape index (κ2) is 7.50. The summed E-state index contributed by atoms with van der Waals surface area (Å²) in [6, 6.07) is 7.54. The van der Waals surface area contributed by atoms with Crippen molar-refractivity contribution >= 4 is 5.97 Å². The molecule has 2 aromatic rings. The van der Waals surface area contributed by atoms with Crippen LogP contribution < -0.4 is 4.74 Å². The number of carboxylic acid groups (broad SMARTS) is 1. The van der Waals surface area contributed by atoms with Crippen LogP contribution in [0.15, 0.2) is 34.9 Å². The molecule has 0 bridgehead atoms. The number of hydrogen-bond donors (Lipinski definition) is 1. The molecule has 0 unspecified atom stereocenters. The molecule has 1 aliphatic heterocycles. The van der Waals surface area contributed by atoms with Gasteiger partial charge in [0, 0.05) is 38.4 Å². The van der Waals surface area contributed by atoms with Crippen molar-refractivity contribution in [1.29, 1.82) is 0 Å². The maximum atomic E-state index is 12.0. The van der Waals surface area contributed by atoms with Gasteiger partial charge in [0.2, 0.25) is 5.60 Å². The van der Waals surface area contributed by atoms with Crippen molar-refractivity contribution < 1.29 is 19.1 Å². The van der Waals surface area contributed by atoms with Gasteiger partial charge < -0.3 is 14.3 Å². The van der Waals surface area contributed by atoms with Gasteiger partial charge in [-0.25, -0.2) is 9.78 Å². The SMILES string of the molecule is Cc1ccccc1OC1(C(=O)O)CCN(Cc2coc(C(C)C)n2)CC1. The first-order chi connectivity index (χ1) is 12.4. The van der Waals surface area contributed by atoms with Crippen LogP contribution in [0.5, 0.6) is 5.75 Å². The Labute approximate surface area is 153 Å². The maximum absolute atomic E-state index is 12.0. The molecule has 1 N–H and O–H groups in total. The molecule has 140 valence electrons. The van der Waals surface area contributed by atoms with Crippen molar-refractivity contribution in [1.82, 2.24) is 9.88 Å². The van der Waals surface area contributed by atoms with Gasteiger partial charge in [-0.2, -0.15) is 0 Å². The van der Waals surface area contributed by atoms with Gasteiger partial charge in [-0.3, -0.25) is 4.90 Å². The van der Waals surface area contributed by atoms with E-state index in [1.165, 1.54) is 0 Å². The van der Waals surface area contributed by atoms with Gasteiger partial charge >= 0.3 is 5.97 Å². The summed E-state index contributed by atoms with van der Waals surface area (Å²) in [5.41, 5.74) is 0.658. The molecule has 1 aromatic heterocycles. The lowest BCUT2D eigenvalue weighted by Gasteiger charge is -2.38. The molecule has 0 spiro atoms. The molecule has 1 aliphatic rings. The molecule has 26 heavy (non-hydrogen) atoms. The number of likely N-dealkylation sites (tertiary alicyclic amines) is 1. The second-order valence-electron chi connectivity index (χ2n) is 7.27. The molecule has 0 radical (unpaired) electrons. The Bertz CT molecular complexity index is 761. The Balaban J connectivity index is 1.65. The quantitative estimate of drug-likeness (QED) is 0.850. The van der Waals surface area contributed by atoms with E-state index in [0.29, 0.717) is 38.2 Å². The van der Waals surface area contributed by atoms with E-state index in [1.807, 2.05) is 45.0 Å². The summed E-state index contributed by atoms with van der Waals surface area (Å²) < 4.78 is 11.5. The van der Waals surface area contributed by atoms with Crippen LogP contribution in [0.3, 0.4) is 0 Å². The lowest BCUT2D eigenvalue weighted by Crippen LogP contribution is -2.53. The third kappa shape index (κ3) is 3.90. The minimum Gasteiger partial charge on any atom is -0.478 e. The molecule has 3 rings (SSSR count). The topological polar surface area (TPSA) is 75.8 Å². The molecule has 1 aromatic carbocycles. The van der Waals surface area contributed by atoms with Crippen LogP contribution in [0, 0.1) is 6.92 Å². The lowest BCUT2D eigenvalue weighted by atomic mass is 9.90. The molecule has 0 saturated carbocycles. The molecule has 2 heterocycles. The molecule has 0 amide bonds. The summed E-state index contributed by atoms with van der Waals surface area (Å²) in [6.07, 6.45) is 2.56. The number of oxazole rings is 1. The number of carboxylic acids is 1. The zero-order chi connectivity index (χ0) is 18.7. The van der Waals surface area contributed by atoms with Gasteiger partial charge in [-0.05, 0) is 18.6 Å². The van der Waals surface area contributed by atoms with E-state index >= 15 is 0 Å². The molecule has 0 atom stereocenters. The molecular weight excluding hydrogens is 332 g/mol. The molecular formula is C20H26N2O4. The van der Waals surface area contributed by atoms with E-state index < -0.39 is 11.6 Å². The van der Waals surface area contributed by atoms with Gasteiger partial charge in [0.25, 0.3) is 0 Å². The zero-order valence-corrected chi connectivity index (χ0v) is 15.6. The van der Waals surface area contributed by atoms with Gasteiger partial charge in [-0.15, -0.1) is 0 Å². The van der Waals surface area contributed by atoms with E-state index in [4.69, 9.17) is 9.15 Å². The first kappa shape index (κ1) is 18.5. The number of carbonyl (C=O) groups is 1. The summed E-state index contributed by atoms with van der Waals surface area (Å²) in [7, 11) is 0. The Morgan fingerprint density at radius 1 is 1.35 bits per heavy atom. The number of aromatic nitrogens is 1. The number of hydrogen-bond acceptors (Lipinski definition) is 5. The van der Waals surface area contributed by atoms with Crippen LogP contribution in [-0.2, 0) is 11.3 Å². The maximum Gasteiger partial charge on any atom is 0.348 e. The number of para-hydroxylation sites is 1. The van der Waals surface area contributed by atoms with E-state index in [1.54, 1.807) is 6.26 Å². The van der Waals surface area contributed by atoms with Crippen molar-refractivity contribution in [2.45, 2.75) is 51.7 Å². The zero-order valence-electron chi connectivity index (χ0n) is 15.6. The van der Waals surface area contributed by atoms with E-state index in [2.05, 4.69) is 9.88 Å². The third-order valence-corrected chi connectivity index (χ3v) is 4.90. The Kier molecular flexibility index (Phi) is 5.32. The summed E-state index contributed by atoms with van der Waals surface area (Å²) in [4.78, 5) is 18.7. The fourth-order valence-corrected chi connectivity index (χ4v) is 3.20. The van der Waals surface area contributed by atoms with Crippen molar-refractivity contribution in [3.8, 4) is 5.75 Å². The molecule has 6 heteroatoms. The Morgan fingerprint density at radius 3 is 2.62 bits per heavy atom. The summed E-state index contributed by atoms with van der Waals surface area (Å²) in [6.45, 7) is 7.96. The first-order valence-corrected chi connectivity index (χ1v) is 9.04. The first-order valence-electron chi connectivity index (χ1n) is 9.04. The predicted molar refractivity (Wildman–Crippen MR) is 97.3 cm³/mol. The largest absolute Gasteiger partial charge is 0.478 e. The van der Waals surface area contributed by atoms with Crippen LogP contribution in [-0.4, -0.2) is 39.7 Å². The highest BCUT2D eigenvalue weighted by Gasteiger charge is 2.44. The highest BCUT2D eigenvalue weighted by Crippen LogP contribution is 2.31. The number of rotatable bonds is 6. The second-order valence-corrected chi connectivity index (χ2v) is 7.27. The predicted octanol–water partition coefficient (Wildman–Crippen LogP) is 3.60. The monoisotopic (exact) mass is 358 g/mol. The number of aliphatic carboxylic acids is 1. The van der Waals surface area contributed by atoms with Crippen molar-refractivity contribution in [3.63, 3.8) is 0 Å². The summed E-state index contributed by atoms with van der Waals surface area (Å²) >= 11 is 0. The molecule has 0 aliphatic carbocycles. The highest BCUT2D eigenvalue weighted by molar-refractivity contribution is 5.78. The Morgan fingerprint density at radius 2 is 2.04 bits per heavy atom. The van der Waals surface area contributed by atoms with Gasteiger partial charge in [0.1, 0.15) is 12.0 Å². The summed E-state index contributed by atoms with van der Waals surface area (Å²) in [5.74, 6) is 0.734.